The zero-order valence-electron chi connectivity index (χ0n) is 11.8. The second-order valence-corrected chi connectivity index (χ2v) is 5.86. The van der Waals surface area contributed by atoms with Crippen molar-refractivity contribution in [1.29, 1.82) is 0 Å². The van der Waals surface area contributed by atoms with Crippen LogP contribution in [-0.2, 0) is 11.3 Å². The summed E-state index contributed by atoms with van der Waals surface area (Å²) in [7, 11) is 0. The van der Waals surface area contributed by atoms with Gasteiger partial charge in [0.05, 0.1) is 11.3 Å². The van der Waals surface area contributed by atoms with Crippen molar-refractivity contribution in [2.24, 2.45) is 0 Å². The number of nitrogens with one attached hydrogen (secondary N) is 2. The van der Waals surface area contributed by atoms with E-state index in [1.807, 2.05) is 12.1 Å². The molecule has 0 saturated carbocycles. The van der Waals surface area contributed by atoms with Gasteiger partial charge in [0.15, 0.2) is 0 Å². The van der Waals surface area contributed by atoms with Crippen LogP contribution in [0.3, 0.4) is 0 Å². The van der Waals surface area contributed by atoms with Gasteiger partial charge in [0, 0.05) is 22.9 Å². The van der Waals surface area contributed by atoms with E-state index < -0.39 is 0 Å². The fourth-order valence-corrected chi connectivity index (χ4v) is 2.94. The minimum absolute atomic E-state index is 0.0124. The molecule has 7 heteroatoms. The zero-order chi connectivity index (χ0) is 15.9. The van der Waals surface area contributed by atoms with Crippen LogP contribution in [0.2, 0.25) is 0 Å². The number of rotatable bonds is 6. The number of carbonyl (C=O) groups excluding carboxylic acids is 3. The third-order valence-electron chi connectivity index (χ3n) is 2.95. The maximum atomic E-state index is 12.1. The molecule has 0 bridgehead atoms. The van der Waals surface area contributed by atoms with Crippen molar-refractivity contribution in [1.82, 2.24) is 5.32 Å². The molecule has 2 rings (SSSR count). The Bertz CT molecular complexity index is 680. The van der Waals surface area contributed by atoms with Crippen LogP contribution in [0.1, 0.15) is 26.3 Å². The first-order valence-corrected chi connectivity index (χ1v) is 8.54. The van der Waals surface area contributed by atoms with Crippen LogP contribution in [0, 0.1) is 0 Å². The van der Waals surface area contributed by atoms with E-state index in [0.717, 1.165) is 17.3 Å². The van der Waals surface area contributed by atoms with Crippen molar-refractivity contribution in [2.45, 2.75) is 6.54 Å². The minimum atomic E-state index is -0.255. The molecule has 0 unspecified atom stereocenters. The molecule has 1 heterocycles. The Balaban J connectivity index is 1.97. The van der Waals surface area contributed by atoms with Crippen LogP contribution in [0.15, 0.2) is 35.0 Å². The van der Waals surface area contributed by atoms with E-state index in [1.165, 1.54) is 11.3 Å². The Kier molecular flexibility index (Phi) is 5.74. The Labute approximate surface area is 136 Å². The maximum absolute atomic E-state index is 12.1. The molecule has 0 saturated heterocycles. The Morgan fingerprint density at radius 3 is 2.59 bits per heavy atom. The standard InChI is InChI=1S/C15H14N2O3S2/c1-21-15(20)11-4-2-10(3-5-11)6-16-14(19)12-7-22-8-13(12)17-9-18/h2-5,7-9H,6H2,1H3,(H,16,19)(H,17,18). The van der Waals surface area contributed by atoms with Crippen LogP contribution in [0.5, 0.6) is 0 Å². The molecule has 0 radical (unpaired) electrons. The van der Waals surface area contributed by atoms with Crippen molar-refractivity contribution >= 4 is 46.2 Å². The normalized spacial score (nSPS) is 10.0. The molecule has 22 heavy (non-hydrogen) atoms. The number of anilines is 1. The van der Waals surface area contributed by atoms with Gasteiger partial charge in [-0.15, -0.1) is 11.3 Å². The van der Waals surface area contributed by atoms with Gasteiger partial charge in [-0.2, -0.15) is 0 Å². The van der Waals surface area contributed by atoms with Crippen LogP contribution in [0.4, 0.5) is 5.69 Å². The largest absolute Gasteiger partial charge is 0.348 e. The third-order valence-corrected chi connectivity index (χ3v) is 4.30. The second-order valence-electron chi connectivity index (χ2n) is 4.33. The van der Waals surface area contributed by atoms with E-state index in [-0.39, 0.29) is 11.0 Å². The van der Waals surface area contributed by atoms with E-state index in [1.54, 1.807) is 29.1 Å². The van der Waals surface area contributed by atoms with E-state index >= 15 is 0 Å². The van der Waals surface area contributed by atoms with Crippen molar-refractivity contribution in [3.63, 3.8) is 0 Å². The summed E-state index contributed by atoms with van der Waals surface area (Å²) in [6.07, 6.45) is 2.28. The molecule has 0 aliphatic carbocycles. The molecule has 1 aromatic heterocycles. The molecule has 0 aliphatic rings. The van der Waals surface area contributed by atoms with Crippen LogP contribution < -0.4 is 10.6 Å². The average molecular weight is 334 g/mol. The number of amides is 2. The molecule has 114 valence electrons. The lowest BCUT2D eigenvalue weighted by molar-refractivity contribution is -0.105. The quantitative estimate of drug-likeness (QED) is 0.797. The van der Waals surface area contributed by atoms with Gasteiger partial charge in [-0.1, -0.05) is 36.0 Å². The Hall–Kier alpha value is -2.12. The summed E-state index contributed by atoms with van der Waals surface area (Å²) in [5.74, 6) is -0.255. The van der Waals surface area contributed by atoms with Gasteiger partial charge in [0.1, 0.15) is 0 Å². The smallest absolute Gasteiger partial charge is 0.254 e. The summed E-state index contributed by atoms with van der Waals surface area (Å²) in [5.41, 5.74) is 2.47. The molecule has 0 atom stereocenters. The lowest BCUT2D eigenvalue weighted by Gasteiger charge is -2.06. The summed E-state index contributed by atoms with van der Waals surface area (Å²) in [5, 5.41) is 8.67. The summed E-state index contributed by atoms with van der Waals surface area (Å²) >= 11 is 2.51. The first kappa shape index (κ1) is 16.3. The summed E-state index contributed by atoms with van der Waals surface area (Å²) in [4.78, 5) is 34.1. The van der Waals surface area contributed by atoms with E-state index in [0.29, 0.717) is 29.8 Å². The predicted molar refractivity (Wildman–Crippen MR) is 89.5 cm³/mol. The lowest BCUT2D eigenvalue weighted by Crippen LogP contribution is -2.23. The molecular weight excluding hydrogens is 320 g/mol. The van der Waals surface area contributed by atoms with Crippen molar-refractivity contribution in [3.8, 4) is 0 Å². The van der Waals surface area contributed by atoms with Crippen LogP contribution >= 0.6 is 23.1 Å². The highest BCUT2D eigenvalue weighted by Gasteiger charge is 2.12. The Morgan fingerprint density at radius 1 is 1.23 bits per heavy atom. The molecule has 1 aromatic carbocycles. The predicted octanol–water partition coefficient (Wildman–Crippen LogP) is 2.75. The fourth-order valence-electron chi connectivity index (χ4n) is 1.80. The summed E-state index contributed by atoms with van der Waals surface area (Å²) in [6, 6.07) is 7.10. The van der Waals surface area contributed by atoms with Gasteiger partial charge < -0.3 is 10.6 Å². The SMILES string of the molecule is CSC(=O)c1ccc(CNC(=O)c2cscc2NC=O)cc1. The monoisotopic (exact) mass is 334 g/mol. The average Bonchev–Trinajstić information content (AvgIpc) is 3.01. The second kappa shape index (κ2) is 7.77. The minimum Gasteiger partial charge on any atom is -0.348 e. The van der Waals surface area contributed by atoms with Gasteiger partial charge >= 0.3 is 0 Å². The Morgan fingerprint density at radius 2 is 1.95 bits per heavy atom. The molecule has 5 nitrogen and oxygen atoms in total. The topological polar surface area (TPSA) is 75.3 Å². The van der Waals surface area contributed by atoms with Crippen molar-refractivity contribution in [3.05, 3.63) is 51.7 Å². The first-order valence-electron chi connectivity index (χ1n) is 6.37. The van der Waals surface area contributed by atoms with Crippen molar-refractivity contribution in [2.75, 3.05) is 11.6 Å². The molecule has 0 fully saturated rings. The molecule has 2 aromatic rings. The van der Waals surface area contributed by atoms with Crippen LogP contribution in [-0.4, -0.2) is 23.7 Å². The van der Waals surface area contributed by atoms with Gasteiger partial charge in [-0.3, -0.25) is 14.4 Å². The van der Waals surface area contributed by atoms with Gasteiger partial charge in [0.2, 0.25) is 11.5 Å². The molecule has 2 N–H and O–H groups in total. The van der Waals surface area contributed by atoms with Gasteiger partial charge in [0.25, 0.3) is 5.91 Å². The van der Waals surface area contributed by atoms with E-state index in [2.05, 4.69) is 10.6 Å². The number of thiophene rings is 1. The summed E-state index contributed by atoms with van der Waals surface area (Å²) in [6.45, 7) is 0.350. The van der Waals surface area contributed by atoms with E-state index in [9.17, 15) is 14.4 Å². The van der Waals surface area contributed by atoms with Gasteiger partial charge in [-0.05, 0) is 11.8 Å². The molecule has 2 amide bonds. The lowest BCUT2D eigenvalue weighted by atomic mass is 10.1. The first-order chi connectivity index (χ1) is 10.7. The highest BCUT2D eigenvalue weighted by Crippen LogP contribution is 2.20. The zero-order valence-corrected chi connectivity index (χ0v) is 13.4. The molecule has 0 spiro atoms. The summed E-state index contributed by atoms with van der Waals surface area (Å²) < 4.78 is 0. The van der Waals surface area contributed by atoms with Crippen molar-refractivity contribution < 1.29 is 14.4 Å². The number of hydrogen-bond donors (Lipinski definition) is 2. The molecular formula is C15H14N2O3S2. The van der Waals surface area contributed by atoms with Crippen LogP contribution in [0.25, 0.3) is 0 Å². The maximum Gasteiger partial charge on any atom is 0.254 e. The molecule has 0 aliphatic heterocycles. The van der Waals surface area contributed by atoms with Gasteiger partial charge in [-0.25, -0.2) is 0 Å². The number of thioether (sulfide) groups is 1. The third kappa shape index (κ3) is 3.96. The number of carbonyl (C=O) groups is 3. The number of benzene rings is 1. The fraction of sp³-hybridized carbons (Fsp3) is 0.133. The highest BCUT2D eigenvalue weighted by atomic mass is 32.2. The highest BCUT2D eigenvalue weighted by molar-refractivity contribution is 8.13. The number of hydrogen-bond acceptors (Lipinski definition) is 5. The van der Waals surface area contributed by atoms with E-state index in [4.69, 9.17) is 0 Å².